The number of unbranched alkanes of at least 4 members (excludes halogenated alkanes) is 9. The lowest BCUT2D eigenvalue weighted by molar-refractivity contribution is -0.165. The van der Waals surface area contributed by atoms with Gasteiger partial charge in [-0.05, 0) is 19.3 Å². The molecule has 5 heteroatoms. The number of hydrogen-bond acceptors (Lipinski definition) is 5. The first-order chi connectivity index (χ1) is 12.0. The zero-order valence-corrected chi connectivity index (χ0v) is 16.3. The minimum atomic E-state index is -0.989. The van der Waals surface area contributed by atoms with Gasteiger partial charge in [0.1, 0.15) is 0 Å². The van der Waals surface area contributed by atoms with E-state index in [-0.39, 0.29) is 0 Å². The van der Waals surface area contributed by atoms with Crippen molar-refractivity contribution in [3.05, 3.63) is 0 Å². The van der Waals surface area contributed by atoms with Crippen molar-refractivity contribution in [3.8, 4) is 0 Å². The number of hydrogen-bond donors (Lipinski definition) is 3. The summed E-state index contributed by atoms with van der Waals surface area (Å²) in [6, 6.07) is 0. The molecule has 0 bridgehead atoms. The van der Waals surface area contributed by atoms with Crippen molar-refractivity contribution in [2.45, 2.75) is 122 Å². The van der Waals surface area contributed by atoms with E-state index in [1.807, 2.05) is 0 Å². The fourth-order valence-electron chi connectivity index (χ4n) is 2.97. The second kappa shape index (κ2) is 16.8. The number of aliphatic hydroxyl groups excluding tert-OH is 3. The highest BCUT2D eigenvalue weighted by atomic mass is 16.6. The van der Waals surface area contributed by atoms with Crippen LogP contribution in [0.3, 0.4) is 0 Å². The Bertz CT molecular complexity index is 308. The van der Waals surface area contributed by atoms with Gasteiger partial charge >= 0.3 is 5.97 Å². The van der Waals surface area contributed by atoms with E-state index >= 15 is 0 Å². The van der Waals surface area contributed by atoms with Gasteiger partial charge in [-0.3, -0.25) is 4.79 Å². The van der Waals surface area contributed by atoms with Gasteiger partial charge in [0, 0.05) is 13.3 Å². The average molecular weight is 361 g/mol. The summed E-state index contributed by atoms with van der Waals surface area (Å²) < 4.78 is 4.65. The molecule has 150 valence electrons. The maximum Gasteiger partial charge on any atom is 0.304 e. The van der Waals surface area contributed by atoms with Gasteiger partial charge < -0.3 is 20.1 Å². The van der Waals surface area contributed by atoms with Crippen molar-refractivity contribution in [2.75, 3.05) is 0 Å². The number of carbonyl (C=O) groups excluding carboxylic acids is 1. The topological polar surface area (TPSA) is 87.0 Å². The molecule has 0 aliphatic carbocycles. The smallest absolute Gasteiger partial charge is 0.304 e. The summed E-state index contributed by atoms with van der Waals surface area (Å²) in [5, 5.41) is 29.3. The van der Waals surface area contributed by atoms with Crippen molar-refractivity contribution >= 4 is 5.97 Å². The molecule has 0 radical (unpaired) electrons. The lowest BCUT2D eigenvalue weighted by atomic mass is 9.99. The summed E-state index contributed by atoms with van der Waals surface area (Å²) in [5.74, 6) is -0.457. The molecule has 0 aliphatic heterocycles. The van der Waals surface area contributed by atoms with Crippen molar-refractivity contribution in [2.24, 2.45) is 0 Å². The number of esters is 1. The number of carbonyl (C=O) groups is 1. The minimum absolute atomic E-state index is 0.457. The lowest BCUT2D eigenvalue weighted by Crippen LogP contribution is -2.25. The highest BCUT2D eigenvalue weighted by Gasteiger charge is 2.15. The third kappa shape index (κ3) is 16.6. The van der Waals surface area contributed by atoms with Gasteiger partial charge in [0.15, 0.2) is 0 Å². The molecule has 3 atom stereocenters. The third-order valence-electron chi connectivity index (χ3n) is 4.55. The molecule has 0 aromatic heterocycles. The molecule has 0 spiro atoms. The summed E-state index contributed by atoms with van der Waals surface area (Å²) in [6.07, 6.45) is 11.5. The van der Waals surface area contributed by atoms with Crippen LogP contribution >= 0.6 is 0 Å². The largest absolute Gasteiger partial charge is 0.436 e. The Labute approximate surface area is 153 Å². The molecule has 5 nitrogen and oxygen atoms in total. The summed E-state index contributed by atoms with van der Waals surface area (Å²) in [7, 11) is 0. The summed E-state index contributed by atoms with van der Waals surface area (Å²) in [5.41, 5.74) is 0. The molecule has 0 saturated carbocycles. The van der Waals surface area contributed by atoms with E-state index in [2.05, 4.69) is 11.7 Å². The molecule has 0 rings (SSSR count). The first-order valence-corrected chi connectivity index (χ1v) is 10.2. The van der Waals surface area contributed by atoms with Crippen molar-refractivity contribution in [1.29, 1.82) is 0 Å². The van der Waals surface area contributed by atoms with E-state index in [4.69, 9.17) is 0 Å². The van der Waals surface area contributed by atoms with Crippen LogP contribution in [0, 0.1) is 0 Å². The maximum atomic E-state index is 10.6. The number of ether oxygens (including phenoxy) is 1. The Balaban J connectivity index is 3.44. The van der Waals surface area contributed by atoms with E-state index in [1.165, 1.54) is 32.6 Å². The van der Waals surface area contributed by atoms with Gasteiger partial charge in [-0.25, -0.2) is 0 Å². The predicted molar refractivity (Wildman–Crippen MR) is 100 cm³/mol. The normalized spacial score (nSPS) is 14.9. The van der Waals surface area contributed by atoms with E-state index in [0.29, 0.717) is 19.3 Å². The van der Waals surface area contributed by atoms with Crippen LogP contribution in [0.5, 0.6) is 0 Å². The van der Waals surface area contributed by atoms with Gasteiger partial charge in [0.25, 0.3) is 0 Å². The molecule has 3 unspecified atom stereocenters. The molecule has 0 aliphatic rings. The van der Waals surface area contributed by atoms with Crippen LogP contribution in [0.15, 0.2) is 0 Å². The molecule has 0 aromatic carbocycles. The third-order valence-corrected chi connectivity index (χ3v) is 4.55. The second-order valence-corrected chi connectivity index (χ2v) is 7.10. The van der Waals surface area contributed by atoms with Gasteiger partial charge in [0.05, 0.1) is 12.2 Å². The zero-order valence-electron chi connectivity index (χ0n) is 16.3. The van der Waals surface area contributed by atoms with Gasteiger partial charge in [0.2, 0.25) is 6.29 Å². The van der Waals surface area contributed by atoms with E-state index in [0.717, 1.165) is 44.9 Å². The van der Waals surface area contributed by atoms with Crippen LogP contribution in [-0.2, 0) is 9.53 Å². The Morgan fingerprint density at radius 2 is 1.12 bits per heavy atom. The van der Waals surface area contributed by atoms with Crippen LogP contribution < -0.4 is 0 Å². The van der Waals surface area contributed by atoms with Crippen LogP contribution in [-0.4, -0.2) is 39.8 Å². The lowest BCUT2D eigenvalue weighted by Gasteiger charge is -2.17. The molecule has 0 fully saturated rings. The van der Waals surface area contributed by atoms with Gasteiger partial charge in [-0.15, -0.1) is 0 Å². The van der Waals surface area contributed by atoms with Crippen LogP contribution in [0.1, 0.15) is 104 Å². The van der Waals surface area contributed by atoms with Crippen molar-refractivity contribution < 1.29 is 24.9 Å². The summed E-state index contributed by atoms with van der Waals surface area (Å²) >= 11 is 0. The molecule has 0 heterocycles. The number of aliphatic hydroxyl groups is 3. The highest BCUT2D eigenvalue weighted by Crippen LogP contribution is 2.15. The first kappa shape index (κ1) is 24.4. The van der Waals surface area contributed by atoms with Crippen molar-refractivity contribution in [3.63, 3.8) is 0 Å². The number of rotatable bonds is 17. The fourth-order valence-corrected chi connectivity index (χ4v) is 2.97. The van der Waals surface area contributed by atoms with Crippen LogP contribution in [0.25, 0.3) is 0 Å². The summed E-state index contributed by atoms with van der Waals surface area (Å²) in [4.78, 5) is 10.6. The SMILES string of the molecule is CCCCCCCCC(O)C(O)CCCCCCCC(O)OC(C)=O. The average Bonchev–Trinajstić information content (AvgIpc) is 2.56. The van der Waals surface area contributed by atoms with E-state index in [1.54, 1.807) is 0 Å². The molecule has 0 amide bonds. The maximum absolute atomic E-state index is 10.6. The minimum Gasteiger partial charge on any atom is -0.436 e. The van der Waals surface area contributed by atoms with Crippen molar-refractivity contribution in [1.82, 2.24) is 0 Å². The van der Waals surface area contributed by atoms with E-state index < -0.39 is 24.5 Å². The molecule has 25 heavy (non-hydrogen) atoms. The second-order valence-electron chi connectivity index (χ2n) is 7.10. The molecule has 3 N–H and O–H groups in total. The fraction of sp³-hybridized carbons (Fsp3) is 0.950. The molecule has 0 aromatic rings. The van der Waals surface area contributed by atoms with Crippen LogP contribution in [0.2, 0.25) is 0 Å². The van der Waals surface area contributed by atoms with Crippen LogP contribution in [0.4, 0.5) is 0 Å². The molecular weight excluding hydrogens is 320 g/mol. The predicted octanol–water partition coefficient (Wildman–Crippen LogP) is 4.07. The Kier molecular flexibility index (Phi) is 16.4. The molecular formula is C20H40O5. The zero-order chi connectivity index (χ0) is 18.9. The molecule has 0 saturated heterocycles. The quantitative estimate of drug-likeness (QED) is 0.207. The standard InChI is InChI=1S/C20H40O5/c1-3-4-5-6-8-11-14-18(22)19(23)15-12-9-7-10-13-16-20(24)25-17(2)21/h18-20,22-24H,3-16H2,1-2H3. The van der Waals surface area contributed by atoms with Gasteiger partial charge in [-0.2, -0.15) is 0 Å². The first-order valence-electron chi connectivity index (χ1n) is 10.2. The Hall–Kier alpha value is -0.650. The monoisotopic (exact) mass is 360 g/mol. The summed E-state index contributed by atoms with van der Waals surface area (Å²) in [6.45, 7) is 3.49. The highest BCUT2D eigenvalue weighted by molar-refractivity contribution is 5.65. The van der Waals surface area contributed by atoms with E-state index in [9.17, 15) is 20.1 Å². The van der Waals surface area contributed by atoms with Gasteiger partial charge in [-0.1, -0.05) is 71.1 Å². The Morgan fingerprint density at radius 1 is 0.720 bits per heavy atom. The Morgan fingerprint density at radius 3 is 1.56 bits per heavy atom.